The fourth-order valence-corrected chi connectivity index (χ4v) is 2.58. The Morgan fingerprint density at radius 2 is 2.24 bits per heavy atom. The molecule has 17 heavy (non-hydrogen) atoms. The molecule has 1 nitrogen and oxygen atoms in total. The fraction of sp³-hybridized carbons (Fsp3) is 0.571. The van der Waals surface area contributed by atoms with Gasteiger partial charge in [0, 0.05) is 16.1 Å². The van der Waals surface area contributed by atoms with E-state index in [1.165, 1.54) is 31.7 Å². The molecule has 0 bridgehead atoms. The number of rotatable bonds is 5. The summed E-state index contributed by atoms with van der Waals surface area (Å²) in [6.45, 7) is 3.01. The minimum absolute atomic E-state index is 0.0863. The summed E-state index contributed by atoms with van der Waals surface area (Å²) >= 11 is 3.27. The second-order valence-electron chi connectivity index (χ2n) is 4.93. The number of halogens is 2. The highest BCUT2D eigenvalue weighted by molar-refractivity contribution is 9.10. The summed E-state index contributed by atoms with van der Waals surface area (Å²) in [6.07, 6.45) is 5.37. The Morgan fingerprint density at radius 3 is 2.82 bits per heavy atom. The van der Waals surface area contributed by atoms with Crippen molar-refractivity contribution in [3.8, 4) is 0 Å². The Balaban J connectivity index is 1.83. The highest BCUT2D eigenvalue weighted by atomic mass is 79.9. The first-order valence-corrected chi connectivity index (χ1v) is 7.14. The third kappa shape index (κ3) is 3.52. The molecule has 2 rings (SSSR count). The summed E-state index contributed by atoms with van der Waals surface area (Å²) in [6, 6.07) is 5.35. The van der Waals surface area contributed by atoms with E-state index in [1.807, 2.05) is 19.1 Å². The Kier molecular flexibility index (Phi) is 4.57. The van der Waals surface area contributed by atoms with E-state index in [4.69, 9.17) is 0 Å². The van der Waals surface area contributed by atoms with Gasteiger partial charge in [-0.25, -0.2) is 4.39 Å². The molecule has 1 aromatic rings. The molecule has 1 aliphatic carbocycles. The average Bonchev–Trinajstić information content (AvgIpc) is 2.21. The molecule has 0 aromatic heterocycles. The molecule has 1 N–H and O–H groups in total. The molecule has 0 heterocycles. The third-order valence-electron chi connectivity index (χ3n) is 3.66. The Labute approximate surface area is 111 Å². The maximum absolute atomic E-state index is 13.7. The van der Waals surface area contributed by atoms with Gasteiger partial charge in [0.2, 0.25) is 0 Å². The van der Waals surface area contributed by atoms with Crippen LogP contribution in [0.25, 0.3) is 0 Å². The quantitative estimate of drug-likeness (QED) is 0.848. The molecule has 94 valence electrons. The zero-order chi connectivity index (χ0) is 12.3. The number of nitrogens with one attached hydrogen (secondary N) is 1. The lowest BCUT2D eigenvalue weighted by atomic mass is 9.83. The van der Waals surface area contributed by atoms with Gasteiger partial charge in [-0.2, -0.15) is 0 Å². The predicted molar refractivity (Wildman–Crippen MR) is 72.5 cm³/mol. The van der Waals surface area contributed by atoms with E-state index in [2.05, 4.69) is 21.2 Å². The largest absolute Gasteiger partial charge is 0.310 e. The number of hydrogen-bond donors (Lipinski definition) is 1. The minimum atomic E-state index is -0.136. The van der Waals surface area contributed by atoms with Crippen LogP contribution >= 0.6 is 15.9 Å². The van der Waals surface area contributed by atoms with Crippen molar-refractivity contribution in [3.05, 3.63) is 34.1 Å². The molecule has 1 aromatic carbocycles. The molecule has 1 unspecified atom stereocenters. The molecule has 1 fully saturated rings. The van der Waals surface area contributed by atoms with Gasteiger partial charge in [0.15, 0.2) is 0 Å². The standard InChI is InChI=1S/C14H19BrFN/c1-10(17-8-7-11-3-2-4-11)13-6-5-12(15)9-14(13)16/h5-6,9-11,17H,2-4,7-8H2,1H3. The SMILES string of the molecule is CC(NCCC1CCC1)c1ccc(Br)cc1F. The first kappa shape index (κ1) is 13.0. The molecule has 1 atom stereocenters. The van der Waals surface area contributed by atoms with E-state index >= 15 is 0 Å². The lowest BCUT2D eigenvalue weighted by molar-refractivity contribution is 0.288. The van der Waals surface area contributed by atoms with Crippen molar-refractivity contribution in [2.75, 3.05) is 6.54 Å². The van der Waals surface area contributed by atoms with Gasteiger partial charge in [-0.15, -0.1) is 0 Å². The molecular weight excluding hydrogens is 281 g/mol. The second-order valence-corrected chi connectivity index (χ2v) is 5.84. The molecule has 0 spiro atoms. The minimum Gasteiger partial charge on any atom is -0.310 e. The van der Waals surface area contributed by atoms with Crippen LogP contribution in [0.5, 0.6) is 0 Å². The zero-order valence-electron chi connectivity index (χ0n) is 10.2. The molecule has 3 heteroatoms. The van der Waals surface area contributed by atoms with Crippen LogP contribution in [0, 0.1) is 11.7 Å². The maximum Gasteiger partial charge on any atom is 0.129 e. The predicted octanol–water partition coefficient (Wildman–Crippen LogP) is 4.43. The van der Waals surface area contributed by atoms with Crippen LogP contribution < -0.4 is 5.32 Å². The van der Waals surface area contributed by atoms with Crippen molar-refractivity contribution in [1.82, 2.24) is 5.32 Å². The second kappa shape index (κ2) is 5.96. The highest BCUT2D eigenvalue weighted by Crippen LogP contribution is 2.29. The monoisotopic (exact) mass is 299 g/mol. The van der Waals surface area contributed by atoms with Crippen LogP contribution in [0.2, 0.25) is 0 Å². The van der Waals surface area contributed by atoms with Crippen molar-refractivity contribution < 1.29 is 4.39 Å². The summed E-state index contributed by atoms with van der Waals surface area (Å²) in [5, 5.41) is 3.40. The van der Waals surface area contributed by atoms with E-state index in [1.54, 1.807) is 0 Å². The van der Waals surface area contributed by atoms with Crippen LogP contribution in [0.3, 0.4) is 0 Å². The first-order chi connectivity index (χ1) is 8.16. The maximum atomic E-state index is 13.7. The van der Waals surface area contributed by atoms with Gasteiger partial charge < -0.3 is 5.32 Å². The topological polar surface area (TPSA) is 12.0 Å². The van der Waals surface area contributed by atoms with Crippen molar-refractivity contribution in [2.24, 2.45) is 5.92 Å². The van der Waals surface area contributed by atoms with Gasteiger partial charge in [0.1, 0.15) is 5.82 Å². The smallest absolute Gasteiger partial charge is 0.129 e. The number of hydrogen-bond acceptors (Lipinski definition) is 1. The van der Waals surface area contributed by atoms with Crippen molar-refractivity contribution in [2.45, 2.75) is 38.6 Å². The molecule has 0 radical (unpaired) electrons. The molecule has 1 aliphatic rings. The molecular formula is C14H19BrFN. The normalized spacial score (nSPS) is 17.8. The van der Waals surface area contributed by atoms with Crippen LogP contribution in [-0.2, 0) is 0 Å². The third-order valence-corrected chi connectivity index (χ3v) is 4.15. The van der Waals surface area contributed by atoms with Crippen LogP contribution in [0.15, 0.2) is 22.7 Å². The van der Waals surface area contributed by atoms with E-state index < -0.39 is 0 Å². The van der Waals surface area contributed by atoms with Gasteiger partial charge in [-0.3, -0.25) is 0 Å². The molecule has 0 amide bonds. The van der Waals surface area contributed by atoms with Crippen LogP contribution in [0.4, 0.5) is 4.39 Å². The molecule has 1 saturated carbocycles. The highest BCUT2D eigenvalue weighted by Gasteiger charge is 2.17. The van der Waals surface area contributed by atoms with Crippen LogP contribution in [-0.4, -0.2) is 6.54 Å². The van der Waals surface area contributed by atoms with Gasteiger partial charge in [0.25, 0.3) is 0 Å². The van der Waals surface area contributed by atoms with E-state index in [-0.39, 0.29) is 11.9 Å². The zero-order valence-corrected chi connectivity index (χ0v) is 11.8. The Morgan fingerprint density at radius 1 is 1.47 bits per heavy atom. The fourth-order valence-electron chi connectivity index (χ4n) is 2.25. The van der Waals surface area contributed by atoms with E-state index in [0.29, 0.717) is 0 Å². The van der Waals surface area contributed by atoms with Gasteiger partial charge >= 0.3 is 0 Å². The van der Waals surface area contributed by atoms with Crippen LogP contribution in [0.1, 0.15) is 44.2 Å². The summed E-state index contributed by atoms with van der Waals surface area (Å²) in [7, 11) is 0. The molecule has 0 saturated heterocycles. The number of benzene rings is 1. The van der Waals surface area contributed by atoms with Gasteiger partial charge in [-0.1, -0.05) is 41.3 Å². The first-order valence-electron chi connectivity index (χ1n) is 6.35. The summed E-state index contributed by atoms with van der Waals surface area (Å²) < 4.78 is 14.5. The van der Waals surface area contributed by atoms with Crippen molar-refractivity contribution in [3.63, 3.8) is 0 Å². The molecule has 0 aliphatic heterocycles. The summed E-state index contributed by atoms with van der Waals surface area (Å²) in [5.41, 5.74) is 0.752. The van der Waals surface area contributed by atoms with Gasteiger partial charge in [-0.05, 0) is 37.9 Å². The Bertz CT molecular complexity index is 376. The van der Waals surface area contributed by atoms with E-state index in [0.717, 1.165) is 22.5 Å². The Hall–Kier alpha value is -0.410. The van der Waals surface area contributed by atoms with Crippen molar-refractivity contribution in [1.29, 1.82) is 0 Å². The lowest BCUT2D eigenvalue weighted by Crippen LogP contribution is -2.24. The summed E-state index contributed by atoms with van der Waals surface area (Å²) in [4.78, 5) is 0. The average molecular weight is 300 g/mol. The lowest BCUT2D eigenvalue weighted by Gasteiger charge is -2.26. The van der Waals surface area contributed by atoms with Gasteiger partial charge in [0.05, 0.1) is 0 Å². The van der Waals surface area contributed by atoms with E-state index in [9.17, 15) is 4.39 Å². The summed E-state index contributed by atoms with van der Waals surface area (Å²) in [5.74, 6) is 0.771. The van der Waals surface area contributed by atoms with Crippen molar-refractivity contribution >= 4 is 15.9 Å².